The molecule has 2 heterocycles. The van der Waals surface area contributed by atoms with E-state index >= 15 is 0 Å². The summed E-state index contributed by atoms with van der Waals surface area (Å²) in [6.07, 6.45) is 3.43. The van der Waals surface area contributed by atoms with Crippen LogP contribution in [0.3, 0.4) is 0 Å². The van der Waals surface area contributed by atoms with Crippen molar-refractivity contribution in [3.05, 3.63) is 46.8 Å². The molecular weight excluding hydrogens is 470 g/mol. The zero-order valence-corrected chi connectivity index (χ0v) is 21.5. The second kappa shape index (κ2) is 12.3. The summed E-state index contributed by atoms with van der Waals surface area (Å²) in [5.74, 6) is -0.608. The standard InChI is InChI=1S/C25H35N3O6S/c1-4-21-23-22(8-5-15-33-16-6-13-26-24(23)29)28(27-21)14-7-17-34-25(30)19-9-11-20(12-10-19)35(31,32)18(2)3/h9-12,18H,4-8,13-17H2,1-3H3,(H,26,29). The molecule has 0 spiro atoms. The van der Waals surface area contributed by atoms with Crippen LogP contribution in [0.15, 0.2) is 29.2 Å². The Morgan fingerprint density at radius 3 is 2.60 bits per heavy atom. The van der Waals surface area contributed by atoms with Crippen molar-refractivity contribution in [2.75, 3.05) is 26.4 Å². The highest BCUT2D eigenvalue weighted by Gasteiger charge is 2.23. The average Bonchev–Trinajstić information content (AvgIpc) is 3.18. The van der Waals surface area contributed by atoms with Crippen LogP contribution in [0.5, 0.6) is 0 Å². The fourth-order valence-corrected chi connectivity index (χ4v) is 4.98. The maximum Gasteiger partial charge on any atom is 0.338 e. The molecule has 1 amide bonds. The van der Waals surface area contributed by atoms with Gasteiger partial charge in [0.15, 0.2) is 9.84 Å². The van der Waals surface area contributed by atoms with E-state index in [1.165, 1.54) is 24.3 Å². The third kappa shape index (κ3) is 6.70. The van der Waals surface area contributed by atoms with Gasteiger partial charge in [-0.25, -0.2) is 13.2 Å². The van der Waals surface area contributed by atoms with Crippen LogP contribution in [-0.4, -0.2) is 61.7 Å². The van der Waals surface area contributed by atoms with E-state index in [0.29, 0.717) is 56.7 Å². The largest absolute Gasteiger partial charge is 0.462 e. The first-order valence-corrected chi connectivity index (χ1v) is 13.8. The second-order valence-electron chi connectivity index (χ2n) is 8.78. The normalized spacial score (nSPS) is 15.3. The number of aromatic nitrogens is 2. The number of hydrogen-bond donors (Lipinski definition) is 1. The Hall–Kier alpha value is -2.72. The van der Waals surface area contributed by atoms with E-state index in [-0.39, 0.29) is 17.4 Å². The smallest absolute Gasteiger partial charge is 0.338 e. The maximum atomic E-state index is 12.8. The monoisotopic (exact) mass is 505 g/mol. The van der Waals surface area contributed by atoms with E-state index in [1.807, 2.05) is 11.6 Å². The molecule has 0 aliphatic carbocycles. The van der Waals surface area contributed by atoms with Gasteiger partial charge in [-0.1, -0.05) is 6.92 Å². The topological polar surface area (TPSA) is 117 Å². The van der Waals surface area contributed by atoms with E-state index in [2.05, 4.69) is 10.4 Å². The van der Waals surface area contributed by atoms with E-state index in [9.17, 15) is 18.0 Å². The summed E-state index contributed by atoms with van der Waals surface area (Å²) < 4.78 is 37.3. The molecule has 9 nitrogen and oxygen atoms in total. The minimum Gasteiger partial charge on any atom is -0.462 e. The van der Waals surface area contributed by atoms with Gasteiger partial charge in [0, 0.05) is 32.7 Å². The number of sulfone groups is 1. The Labute approximate surface area is 207 Å². The molecule has 0 radical (unpaired) electrons. The van der Waals surface area contributed by atoms with Gasteiger partial charge >= 0.3 is 5.97 Å². The van der Waals surface area contributed by atoms with Crippen molar-refractivity contribution in [2.24, 2.45) is 0 Å². The minimum atomic E-state index is -3.39. The number of nitrogens with zero attached hydrogens (tertiary/aromatic N) is 2. The van der Waals surface area contributed by atoms with Gasteiger partial charge in [0.2, 0.25) is 0 Å². The van der Waals surface area contributed by atoms with Crippen LogP contribution < -0.4 is 5.32 Å². The van der Waals surface area contributed by atoms with Gasteiger partial charge in [0.1, 0.15) is 0 Å². The predicted molar refractivity (Wildman–Crippen MR) is 131 cm³/mol. The summed E-state index contributed by atoms with van der Waals surface area (Å²) in [6, 6.07) is 5.80. The van der Waals surface area contributed by atoms with E-state index < -0.39 is 21.1 Å². The van der Waals surface area contributed by atoms with E-state index in [4.69, 9.17) is 9.47 Å². The number of ether oxygens (including phenoxy) is 2. The molecule has 1 aromatic heterocycles. The Bertz CT molecular complexity index is 1120. The molecule has 1 N–H and O–H groups in total. The van der Waals surface area contributed by atoms with Crippen molar-refractivity contribution >= 4 is 21.7 Å². The molecule has 1 aliphatic heterocycles. The molecular formula is C25H35N3O6S. The fourth-order valence-electron chi connectivity index (χ4n) is 3.92. The highest BCUT2D eigenvalue weighted by Crippen LogP contribution is 2.20. The van der Waals surface area contributed by atoms with Crippen LogP contribution in [0.4, 0.5) is 0 Å². The molecule has 0 atom stereocenters. The fraction of sp³-hybridized carbons (Fsp3) is 0.560. The predicted octanol–water partition coefficient (Wildman–Crippen LogP) is 2.96. The van der Waals surface area contributed by atoms with Gasteiger partial charge in [-0.15, -0.1) is 0 Å². The number of esters is 1. The molecule has 0 saturated carbocycles. The Balaban J connectivity index is 1.62. The number of fused-ring (bicyclic) bond motifs is 1. The molecule has 0 bridgehead atoms. The van der Waals surface area contributed by atoms with E-state index in [1.54, 1.807) is 13.8 Å². The lowest BCUT2D eigenvalue weighted by atomic mass is 10.1. The molecule has 1 aromatic carbocycles. The molecule has 0 saturated heterocycles. The van der Waals surface area contributed by atoms with Gasteiger partial charge in [0.05, 0.1) is 39.3 Å². The third-order valence-electron chi connectivity index (χ3n) is 5.93. The first-order valence-electron chi connectivity index (χ1n) is 12.2. The molecule has 0 fully saturated rings. The van der Waals surface area contributed by atoms with Crippen molar-refractivity contribution in [3.8, 4) is 0 Å². The van der Waals surface area contributed by atoms with Crippen LogP contribution in [0.2, 0.25) is 0 Å². The van der Waals surface area contributed by atoms with Crippen LogP contribution in [0.25, 0.3) is 0 Å². The number of carbonyl (C=O) groups excluding carboxylic acids is 2. The minimum absolute atomic E-state index is 0.0978. The summed E-state index contributed by atoms with van der Waals surface area (Å²) in [6.45, 7) is 7.73. The lowest BCUT2D eigenvalue weighted by molar-refractivity contribution is 0.0494. The molecule has 10 heteroatoms. The number of nitrogens with one attached hydrogen (secondary N) is 1. The summed E-state index contributed by atoms with van der Waals surface area (Å²) in [4.78, 5) is 25.4. The van der Waals surface area contributed by atoms with Gasteiger partial charge in [-0.2, -0.15) is 5.10 Å². The first kappa shape index (κ1) is 26.9. The number of aryl methyl sites for hydroxylation is 2. The third-order valence-corrected chi connectivity index (χ3v) is 8.10. The Morgan fingerprint density at radius 1 is 1.20 bits per heavy atom. The van der Waals surface area contributed by atoms with Gasteiger partial charge < -0.3 is 14.8 Å². The maximum absolute atomic E-state index is 12.8. The highest BCUT2D eigenvalue weighted by atomic mass is 32.2. The van der Waals surface area contributed by atoms with Crippen molar-refractivity contribution in [3.63, 3.8) is 0 Å². The zero-order chi connectivity index (χ0) is 25.4. The first-order chi connectivity index (χ1) is 16.8. The summed E-state index contributed by atoms with van der Waals surface area (Å²) in [5.41, 5.74) is 2.61. The van der Waals surface area contributed by atoms with Crippen molar-refractivity contribution in [2.45, 2.75) is 69.6 Å². The molecule has 0 unspecified atom stereocenters. The van der Waals surface area contributed by atoms with Gasteiger partial charge in [-0.3, -0.25) is 9.48 Å². The molecule has 1 aliphatic rings. The van der Waals surface area contributed by atoms with Crippen LogP contribution in [0.1, 0.15) is 72.1 Å². The van der Waals surface area contributed by atoms with Crippen molar-refractivity contribution in [1.29, 1.82) is 0 Å². The molecule has 2 aromatic rings. The lowest BCUT2D eigenvalue weighted by Crippen LogP contribution is -2.26. The summed E-state index contributed by atoms with van der Waals surface area (Å²) in [5, 5.41) is 7.10. The van der Waals surface area contributed by atoms with Crippen LogP contribution in [-0.2, 0) is 38.7 Å². The number of hydrogen-bond acceptors (Lipinski definition) is 7. The highest BCUT2D eigenvalue weighted by molar-refractivity contribution is 7.92. The molecule has 35 heavy (non-hydrogen) atoms. The van der Waals surface area contributed by atoms with Gasteiger partial charge in [-0.05, 0) is 63.8 Å². The Kier molecular flexibility index (Phi) is 9.45. The zero-order valence-electron chi connectivity index (χ0n) is 20.7. The quantitative estimate of drug-likeness (QED) is 0.433. The van der Waals surface area contributed by atoms with Gasteiger partial charge in [0.25, 0.3) is 5.91 Å². The number of carbonyl (C=O) groups is 2. The average molecular weight is 506 g/mol. The Morgan fingerprint density at radius 2 is 1.91 bits per heavy atom. The van der Waals surface area contributed by atoms with Crippen LogP contribution >= 0.6 is 0 Å². The van der Waals surface area contributed by atoms with Crippen LogP contribution in [0, 0.1) is 0 Å². The number of amides is 1. The second-order valence-corrected chi connectivity index (χ2v) is 11.3. The lowest BCUT2D eigenvalue weighted by Gasteiger charge is -2.10. The molecule has 3 rings (SSSR count). The molecule has 192 valence electrons. The number of rotatable bonds is 8. The van der Waals surface area contributed by atoms with E-state index in [0.717, 1.165) is 24.2 Å². The number of benzene rings is 1. The summed E-state index contributed by atoms with van der Waals surface area (Å²) in [7, 11) is -3.39. The SMILES string of the molecule is CCc1nn(CCCOC(=O)c2ccc(S(=O)(=O)C(C)C)cc2)c2c1C(=O)NCCCOCCC2. The van der Waals surface area contributed by atoms with Crippen molar-refractivity contribution in [1.82, 2.24) is 15.1 Å². The van der Waals surface area contributed by atoms with Crippen molar-refractivity contribution < 1.29 is 27.5 Å². The summed E-state index contributed by atoms with van der Waals surface area (Å²) >= 11 is 0.